The van der Waals surface area contributed by atoms with Crippen LogP contribution in [-0.2, 0) is 14.4 Å². The first-order chi connectivity index (χ1) is 38.9. The van der Waals surface area contributed by atoms with Gasteiger partial charge in [0, 0.05) is 93.5 Å². The second-order valence-corrected chi connectivity index (χ2v) is 24.8. The maximum absolute atomic E-state index is 12.5. The van der Waals surface area contributed by atoms with Crippen LogP contribution in [0.1, 0.15) is 149 Å². The fourth-order valence-electron chi connectivity index (χ4n) is 12.5. The molecule has 5 atom stereocenters. The Morgan fingerprint density at radius 1 is 0.562 bits per heavy atom. The number of rotatable bonds is 16. The average molecular weight is 1210 g/mol. The Bertz CT molecular complexity index is 2240. The number of nitrogens with one attached hydrogen (secondary N) is 1. The van der Waals surface area contributed by atoms with Crippen molar-refractivity contribution in [2.45, 2.75) is 179 Å². The maximum Gasteiger partial charge on any atom is 0.227 e. The molecule has 0 aromatic carbocycles. The molecule has 3 aromatic heterocycles. The van der Waals surface area contributed by atoms with Crippen LogP contribution in [0, 0.1) is 0 Å². The quantitative estimate of drug-likeness (QED) is 0.103. The number of hydrogen-bond donors (Lipinski definition) is 2. The number of amides is 3. The molecule has 0 radical (unpaired) electrons. The molecule has 3 amide bonds. The van der Waals surface area contributed by atoms with Crippen LogP contribution in [0.4, 0.5) is 11.4 Å². The molecule has 11 rings (SSSR count). The van der Waals surface area contributed by atoms with Gasteiger partial charge in [-0.05, 0) is 209 Å². The van der Waals surface area contributed by atoms with Crippen molar-refractivity contribution in [3.05, 3.63) is 69.8 Å². The number of pyridine rings is 3. The van der Waals surface area contributed by atoms with Gasteiger partial charge in [0.25, 0.3) is 0 Å². The van der Waals surface area contributed by atoms with E-state index in [0.717, 1.165) is 106 Å². The minimum absolute atomic E-state index is 0.205. The second-order valence-electron chi connectivity index (χ2n) is 23.1. The Morgan fingerprint density at radius 3 is 1.46 bits per heavy atom. The highest BCUT2D eigenvalue weighted by Gasteiger charge is 2.35. The number of aliphatic hydroxyl groups excluding tert-OH is 1. The van der Waals surface area contributed by atoms with E-state index >= 15 is 0 Å². The van der Waals surface area contributed by atoms with Crippen molar-refractivity contribution < 1.29 is 24.2 Å². The number of nitrogens with zero attached hydrogens (tertiary/aromatic N) is 10. The van der Waals surface area contributed by atoms with Gasteiger partial charge in [-0.1, -0.05) is 42.5 Å². The number of carbonyl (C=O) groups excluding carboxylic acids is 3. The average Bonchev–Trinajstić information content (AvgIpc) is 4.34. The van der Waals surface area contributed by atoms with Gasteiger partial charge in [0.05, 0.1) is 42.5 Å². The molecule has 2 unspecified atom stereocenters. The number of carbonyl (C=O) groups is 3. The first-order valence-electron chi connectivity index (χ1n) is 30.6. The van der Waals surface area contributed by atoms with Crippen molar-refractivity contribution >= 4 is 68.2 Å². The zero-order valence-electron chi connectivity index (χ0n) is 48.2. The lowest BCUT2D eigenvalue weighted by Gasteiger charge is -2.32. The van der Waals surface area contributed by atoms with E-state index < -0.39 is 0 Å². The number of aliphatic hydroxyl groups is 1. The molecular formula is C61H94BrCl2N11O5. The summed E-state index contributed by atoms with van der Waals surface area (Å²) in [5.74, 6) is 1.32. The highest BCUT2D eigenvalue weighted by molar-refractivity contribution is 9.10. The van der Waals surface area contributed by atoms with Gasteiger partial charge in [-0.25, -0.2) is 15.0 Å². The fraction of sp³-hybridized carbons (Fsp3) is 0.705. The third kappa shape index (κ3) is 21.6. The van der Waals surface area contributed by atoms with Crippen LogP contribution in [0.3, 0.4) is 0 Å². The molecule has 2 N–H and O–H groups in total. The van der Waals surface area contributed by atoms with E-state index in [2.05, 4.69) is 74.5 Å². The van der Waals surface area contributed by atoms with Crippen LogP contribution < -0.4 is 19.9 Å². The molecule has 444 valence electrons. The molecule has 0 saturated carbocycles. The van der Waals surface area contributed by atoms with Gasteiger partial charge in [0.2, 0.25) is 23.6 Å². The van der Waals surface area contributed by atoms with Crippen molar-refractivity contribution in [2.24, 2.45) is 0 Å². The molecule has 19 heteroatoms. The number of aromatic nitrogens is 3. The van der Waals surface area contributed by atoms with Gasteiger partial charge in [0.15, 0.2) is 0 Å². The van der Waals surface area contributed by atoms with Crippen LogP contribution in [0.5, 0.6) is 5.88 Å². The zero-order chi connectivity index (χ0) is 56.5. The molecular weight excluding hydrogens is 1120 g/mol. The fourth-order valence-corrected chi connectivity index (χ4v) is 13.0. The van der Waals surface area contributed by atoms with E-state index in [1.54, 1.807) is 24.5 Å². The number of halogens is 3. The standard InChI is InChI=1S/C23H36N4O2.C15H20ClN3O.C10H18N2O.C8H17NO.C5H3BrClN/c1-19-7-5-14-26(19)15-6-16-29-22-10-8-20(17-24-22)27-21(9-11-23(27)28)18-25-12-3-2-4-13-25;16-14-6-4-12(10-17-14)19-13(5-7-15(19)20)11-18-8-2-1-3-9-18;13-10-5-4-9(11-10)8-12-6-2-1-3-7-12;1-8-4-2-5-9(8)6-3-7-10;6-4-1-2-5(7)8-3-4/h8,10,17,19,21H,2-7,9,11-16,18H2,1H3;4,6,10,13H,1-3,5,7-9,11H2;9H,1-8H2,(H,11,13);8,10H,2-7H2,1H3;1-3H/t19?,21-;13-;9-;;/m000../s1. The topological polar surface area (TPSA) is 154 Å². The van der Waals surface area contributed by atoms with Gasteiger partial charge in [0.1, 0.15) is 10.3 Å². The SMILES string of the molecule is CC1CCCN1CCCO.CC1CCCN1CCCOc1ccc(N2C(=O)CC[C@H]2CN2CCCCC2)cn1.Clc1ccc(Br)cn1.O=C1CC[C@@H](CN2CCCCC2)N1.O=C1CC[C@@H](CN2CCCCC2)N1c1ccc(Cl)nc1. The molecule has 8 aliphatic heterocycles. The minimum Gasteiger partial charge on any atom is -0.478 e. The van der Waals surface area contributed by atoms with Crippen molar-refractivity contribution in [2.75, 3.05) is 108 Å². The van der Waals surface area contributed by atoms with Crippen LogP contribution in [0.25, 0.3) is 0 Å². The van der Waals surface area contributed by atoms with E-state index in [-0.39, 0.29) is 29.8 Å². The first kappa shape index (κ1) is 64.0. The van der Waals surface area contributed by atoms with Gasteiger partial charge >= 0.3 is 0 Å². The molecule has 0 aliphatic carbocycles. The smallest absolute Gasteiger partial charge is 0.227 e. The summed E-state index contributed by atoms with van der Waals surface area (Å²) in [6.45, 7) is 20.4. The third-order valence-corrected chi connectivity index (χ3v) is 17.9. The largest absolute Gasteiger partial charge is 0.478 e. The Morgan fingerprint density at radius 2 is 1.05 bits per heavy atom. The number of anilines is 2. The van der Waals surface area contributed by atoms with E-state index in [1.807, 2.05) is 40.3 Å². The van der Waals surface area contributed by atoms with Gasteiger partial charge in [-0.3, -0.25) is 14.4 Å². The van der Waals surface area contributed by atoms with Gasteiger partial charge < -0.3 is 49.5 Å². The second kappa shape index (κ2) is 34.9. The van der Waals surface area contributed by atoms with Crippen molar-refractivity contribution in [3.8, 4) is 5.88 Å². The number of ether oxygens (including phenoxy) is 1. The molecule has 80 heavy (non-hydrogen) atoms. The number of likely N-dealkylation sites (tertiary alicyclic amines) is 5. The summed E-state index contributed by atoms with van der Waals surface area (Å²) in [6.07, 6.45) is 29.2. The molecule has 8 saturated heterocycles. The molecule has 0 spiro atoms. The summed E-state index contributed by atoms with van der Waals surface area (Å²) in [5, 5.41) is 12.6. The van der Waals surface area contributed by atoms with Crippen LogP contribution in [0.15, 0.2) is 59.5 Å². The Labute approximate surface area is 497 Å². The van der Waals surface area contributed by atoms with Crippen molar-refractivity contribution in [3.63, 3.8) is 0 Å². The predicted octanol–water partition coefficient (Wildman–Crippen LogP) is 10.1. The highest BCUT2D eigenvalue weighted by Crippen LogP contribution is 2.30. The summed E-state index contributed by atoms with van der Waals surface area (Å²) in [5.41, 5.74) is 1.78. The molecule has 8 fully saturated rings. The summed E-state index contributed by atoms with van der Waals surface area (Å²) in [4.78, 5) is 64.4. The zero-order valence-corrected chi connectivity index (χ0v) is 51.3. The van der Waals surface area contributed by atoms with Gasteiger partial charge in [-0.2, -0.15) is 0 Å². The molecule has 11 heterocycles. The Hall–Kier alpha value is -3.52. The van der Waals surface area contributed by atoms with Crippen LogP contribution in [-0.4, -0.2) is 191 Å². The summed E-state index contributed by atoms with van der Waals surface area (Å²) in [7, 11) is 0. The number of piperidine rings is 3. The molecule has 8 aliphatic rings. The highest BCUT2D eigenvalue weighted by atomic mass is 79.9. The Balaban J connectivity index is 0.000000157. The van der Waals surface area contributed by atoms with Gasteiger partial charge in [-0.15, -0.1) is 0 Å². The molecule has 0 bridgehead atoms. The van der Waals surface area contributed by atoms with E-state index in [0.29, 0.717) is 54.3 Å². The summed E-state index contributed by atoms with van der Waals surface area (Å²) < 4.78 is 6.79. The van der Waals surface area contributed by atoms with Crippen LogP contribution >= 0.6 is 39.1 Å². The van der Waals surface area contributed by atoms with E-state index in [1.165, 1.54) is 123 Å². The Kier molecular flexibility index (Phi) is 28.0. The number of hydrogen-bond acceptors (Lipinski definition) is 13. The van der Waals surface area contributed by atoms with Crippen molar-refractivity contribution in [1.29, 1.82) is 0 Å². The van der Waals surface area contributed by atoms with Crippen molar-refractivity contribution in [1.82, 2.24) is 44.8 Å². The lowest BCUT2D eigenvalue weighted by molar-refractivity contribution is -0.119. The lowest BCUT2D eigenvalue weighted by Crippen LogP contribution is -2.43. The van der Waals surface area contributed by atoms with E-state index in [4.69, 9.17) is 33.0 Å². The van der Waals surface area contributed by atoms with E-state index in [9.17, 15) is 14.4 Å². The third-order valence-electron chi connectivity index (χ3n) is 17.0. The normalized spacial score (nSPS) is 25.0. The maximum atomic E-state index is 12.5. The molecule has 16 nitrogen and oxygen atoms in total. The summed E-state index contributed by atoms with van der Waals surface area (Å²) in [6, 6.07) is 13.6. The lowest BCUT2D eigenvalue weighted by atomic mass is 10.1. The predicted molar refractivity (Wildman–Crippen MR) is 326 cm³/mol. The summed E-state index contributed by atoms with van der Waals surface area (Å²) >= 11 is 14.5. The first-order valence-corrected chi connectivity index (χ1v) is 32.1. The molecule has 3 aromatic rings. The van der Waals surface area contributed by atoms with Crippen LogP contribution in [0.2, 0.25) is 10.3 Å². The minimum atomic E-state index is 0.205. The monoisotopic (exact) mass is 1210 g/mol.